The molecule has 0 aliphatic heterocycles. The molecular weight excluding hydrogens is 1560 g/mol. The van der Waals surface area contributed by atoms with Crippen LogP contribution < -0.4 is 28.4 Å². The zero-order valence-electron chi connectivity index (χ0n) is 72.4. The number of phenolic OH excluding ortho intramolecular Hbond substituents is 4. The van der Waals surface area contributed by atoms with Gasteiger partial charge < -0.3 is 73.8 Å². The van der Waals surface area contributed by atoms with Crippen LogP contribution in [0.2, 0.25) is 110 Å². The first-order valence-electron chi connectivity index (χ1n) is 40.3. The van der Waals surface area contributed by atoms with Crippen molar-refractivity contribution in [3.63, 3.8) is 0 Å². The van der Waals surface area contributed by atoms with E-state index in [0.717, 1.165) is 44.1 Å². The topological polar surface area (TPSA) is 269 Å². The Morgan fingerprint density at radius 3 is 0.851 bits per heavy atom. The van der Waals surface area contributed by atoms with Gasteiger partial charge in [-0.15, -0.1) is 0 Å². The highest BCUT2D eigenvalue weighted by Gasteiger charge is 2.51. The molecule has 0 amide bonds. The van der Waals surface area contributed by atoms with Crippen molar-refractivity contribution in [1.29, 1.82) is 0 Å². The third-order valence-electron chi connectivity index (χ3n) is 17.4. The van der Waals surface area contributed by atoms with Gasteiger partial charge in [0.1, 0.15) is 57.5 Å². The van der Waals surface area contributed by atoms with Gasteiger partial charge in [0.25, 0.3) is 0 Å². The standard InChI is InChI=1S/C47H81N3O11Si7.C38H49N3O5/c1-47(2,3)56-67(57-62(5,6)7,58-63(8,9)10)32-20-30-54-38-26-28-40(42(51)34-38)45-48-44(36-22-24-37(53-4)25-23-36)49-46(50-45)41-29-27-39(35-43(41)52)55-31-21-33-68(59-64(11,12)13,60-65(14,15)16)61-66(17,18)19;1-6-10-12-26(8-3)24-45-30-18-20-32(34(42)22-30)37-39-36(28-14-16-29(44-5)17-15-28)40-38(41-37)33-21-19-31(23-35(33)43)46-25-27(9-4)13-11-7-2/h22-29,34-35,51-52H,20-21,30-33H2,1-19H3;14-23,26-27,42-43H,6-13,24-25H2,1-5H3. The van der Waals surface area contributed by atoms with Crippen molar-refractivity contribution in [3.05, 3.63) is 121 Å². The van der Waals surface area contributed by atoms with Crippen LogP contribution in [0.15, 0.2) is 121 Å². The van der Waals surface area contributed by atoms with E-state index in [0.29, 0.717) is 137 Å². The molecule has 2 heterocycles. The number of aromatic nitrogens is 6. The molecule has 29 heteroatoms. The summed E-state index contributed by atoms with van der Waals surface area (Å²) in [6.07, 6.45) is 10.3. The summed E-state index contributed by atoms with van der Waals surface area (Å²) in [5.74, 6) is 6.02. The van der Waals surface area contributed by atoms with E-state index in [1.807, 2.05) is 81.4 Å². The summed E-state index contributed by atoms with van der Waals surface area (Å²) in [7, 11) is -13.0. The number of benzene rings is 6. The SMILES string of the molecule is CCCCC(CC)COc1ccc(-c2nc(-c3ccc(OC)cc3)nc(-c3ccc(OCC(CC)CCCC)cc3O)n2)c(O)c1.COc1ccc(-c2nc(-c3ccc(OCCC[Si](OC(C)(C)C)(O[Si](C)(C)C)O[Si](C)(C)C)cc3O)nc(-c3ccc(OCCC[Si](O[Si](C)(C)C)(O[Si](C)(C)C)O[Si](C)(C)C)cc3O)n2)cc1. The van der Waals surface area contributed by atoms with Crippen molar-refractivity contribution in [2.75, 3.05) is 40.6 Å². The molecule has 6 aromatic carbocycles. The van der Waals surface area contributed by atoms with E-state index in [4.69, 9.17) is 83.3 Å². The molecule has 0 aliphatic rings. The first-order valence-corrected chi connectivity index (χ1v) is 61.2. The van der Waals surface area contributed by atoms with Crippen molar-refractivity contribution in [1.82, 2.24) is 29.9 Å². The van der Waals surface area contributed by atoms with E-state index in [-0.39, 0.29) is 46.3 Å². The summed E-state index contributed by atoms with van der Waals surface area (Å²) in [6, 6.07) is 36.5. The molecule has 2 atom stereocenters. The quantitative estimate of drug-likeness (QED) is 0.0204. The second-order valence-corrected chi connectivity index (χ2v) is 63.9. The number of aromatic hydroxyl groups is 4. The highest BCUT2D eigenvalue weighted by Crippen LogP contribution is 2.41. The predicted octanol–water partition coefficient (Wildman–Crippen LogP) is 22.3. The monoisotopic (exact) mass is 1690 g/mol. The summed E-state index contributed by atoms with van der Waals surface area (Å²) in [6.45, 7) is 49.3. The van der Waals surface area contributed by atoms with Crippen molar-refractivity contribution in [2.24, 2.45) is 11.8 Å². The fourth-order valence-electron chi connectivity index (χ4n) is 12.5. The molecule has 2 unspecified atom stereocenters. The van der Waals surface area contributed by atoms with Crippen molar-refractivity contribution in [3.8, 4) is 126 Å². The van der Waals surface area contributed by atoms with Gasteiger partial charge in [-0.2, -0.15) is 0 Å². The summed E-state index contributed by atoms with van der Waals surface area (Å²) in [4.78, 5) is 28.5. The Morgan fingerprint density at radius 2 is 0.596 bits per heavy atom. The van der Waals surface area contributed by atoms with Gasteiger partial charge in [-0.05, 0) is 254 Å². The summed E-state index contributed by atoms with van der Waals surface area (Å²) >= 11 is 0. The Kier molecular flexibility index (Phi) is 34.3. The number of rotatable bonds is 43. The maximum Gasteiger partial charge on any atom is 0.480 e. The Morgan fingerprint density at radius 1 is 0.333 bits per heavy atom. The molecule has 624 valence electrons. The molecule has 0 spiro atoms. The van der Waals surface area contributed by atoms with Gasteiger partial charge in [0, 0.05) is 47.5 Å². The number of nitrogens with zero attached hydrogens (tertiary/aromatic N) is 6. The Balaban J connectivity index is 0.000000340. The first-order chi connectivity index (χ1) is 53.4. The van der Waals surface area contributed by atoms with Gasteiger partial charge in [0.2, 0.25) is 0 Å². The van der Waals surface area contributed by atoms with E-state index in [1.165, 1.54) is 12.8 Å². The Bertz CT molecular complexity index is 4040. The van der Waals surface area contributed by atoms with Crippen LogP contribution in [-0.4, -0.2) is 156 Å². The molecule has 0 aliphatic carbocycles. The van der Waals surface area contributed by atoms with Crippen molar-refractivity contribution < 1.29 is 73.8 Å². The minimum atomic E-state index is -3.09. The molecule has 0 radical (unpaired) electrons. The molecule has 8 aromatic rings. The minimum absolute atomic E-state index is 0.00143. The van der Waals surface area contributed by atoms with E-state index < -0.39 is 64.8 Å². The zero-order chi connectivity index (χ0) is 84.0. The molecule has 0 saturated heterocycles. The van der Waals surface area contributed by atoms with E-state index in [9.17, 15) is 20.4 Å². The number of methoxy groups -OCH3 is 2. The third kappa shape index (κ3) is 30.9. The van der Waals surface area contributed by atoms with Gasteiger partial charge in [-0.3, -0.25) is 0 Å². The smallest absolute Gasteiger partial charge is 0.480 e. The lowest BCUT2D eigenvalue weighted by atomic mass is 10.0. The number of hydrogen-bond donors (Lipinski definition) is 4. The lowest BCUT2D eigenvalue weighted by Crippen LogP contribution is -2.60. The van der Waals surface area contributed by atoms with Crippen LogP contribution in [0.4, 0.5) is 0 Å². The fraction of sp³-hybridized carbons (Fsp3) is 0.506. The summed E-state index contributed by atoms with van der Waals surface area (Å²) < 4.78 is 76.1. The summed E-state index contributed by atoms with van der Waals surface area (Å²) in [5.41, 5.74) is 2.57. The fourth-order valence-corrected chi connectivity index (χ4v) is 37.9. The van der Waals surface area contributed by atoms with Gasteiger partial charge in [-0.1, -0.05) is 66.2 Å². The van der Waals surface area contributed by atoms with Crippen molar-refractivity contribution >= 4 is 59.2 Å². The highest BCUT2D eigenvalue weighted by atomic mass is 28.5. The maximum atomic E-state index is 11.5. The average molecular weight is 1690 g/mol. The van der Waals surface area contributed by atoms with Gasteiger partial charge in [0.05, 0.1) is 68.5 Å². The van der Waals surface area contributed by atoms with Crippen LogP contribution in [0.5, 0.6) is 57.5 Å². The van der Waals surface area contributed by atoms with Crippen molar-refractivity contribution in [2.45, 2.75) is 229 Å². The molecule has 114 heavy (non-hydrogen) atoms. The van der Waals surface area contributed by atoms with Crippen LogP contribution in [0.3, 0.4) is 0 Å². The number of hydrogen-bond acceptors (Lipinski definition) is 22. The van der Waals surface area contributed by atoms with Gasteiger partial charge >= 0.3 is 17.6 Å². The van der Waals surface area contributed by atoms with E-state index in [1.54, 1.807) is 74.9 Å². The average Bonchev–Trinajstić information content (AvgIpc) is 0.815. The molecule has 0 fully saturated rings. The molecule has 8 rings (SSSR count). The minimum Gasteiger partial charge on any atom is -0.507 e. The lowest BCUT2D eigenvalue weighted by molar-refractivity contribution is 0.0472. The molecule has 2 aromatic heterocycles. The number of ether oxygens (including phenoxy) is 6. The normalized spacial score (nSPS) is 13.1. The second-order valence-electron chi connectivity index (χ2n) is 34.8. The van der Waals surface area contributed by atoms with E-state index in [2.05, 4.69) is 126 Å². The lowest BCUT2D eigenvalue weighted by Gasteiger charge is -2.43. The van der Waals surface area contributed by atoms with Gasteiger partial charge in [-0.25, -0.2) is 29.9 Å². The second kappa shape index (κ2) is 41.6. The third-order valence-corrected chi connectivity index (χ3v) is 38.8. The van der Waals surface area contributed by atoms with Crippen LogP contribution >= 0.6 is 0 Å². The number of unbranched alkanes of at least 4 members (excludes halogenated alkanes) is 2. The largest absolute Gasteiger partial charge is 0.507 e. The Hall–Kier alpha value is -7.38. The van der Waals surface area contributed by atoms with Crippen LogP contribution in [-0.2, 0) is 25.0 Å². The molecule has 4 N–H and O–H groups in total. The zero-order valence-corrected chi connectivity index (χ0v) is 79.4. The molecule has 22 nitrogen and oxygen atoms in total. The van der Waals surface area contributed by atoms with E-state index >= 15 is 0 Å². The Labute approximate surface area is 686 Å². The first kappa shape index (κ1) is 93.8. The maximum absolute atomic E-state index is 11.5. The molecular formula is C85H130N6O16Si7. The van der Waals surface area contributed by atoms with Crippen LogP contribution in [0.25, 0.3) is 68.3 Å². The molecule has 0 saturated carbocycles. The van der Waals surface area contributed by atoms with Crippen LogP contribution in [0.1, 0.15) is 113 Å². The van der Waals surface area contributed by atoms with Gasteiger partial charge in [0.15, 0.2) is 76.5 Å². The summed E-state index contributed by atoms with van der Waals surface area (Å²) in [5, 5.41) is 45.2. The van der Waals surface area contributed by atoms with Crippen LogP contribution in [0, 0.1) is 11.8 Å². The molecule has 0 bridgehead atoms. The number of phenols is 4. The highest BCUT2D eigenvalue weighted by molar-refractivity contribution is 6.90. The predicted molar refractivity (Wildman–Crippen MR) is 474 cm³/mol.